The molecule has 2 heterocycles. The summed E-state index contributed by atoms with van der Waals surface area (Å²) in [7, 11) is 0. The van der Waals surface area contributed by atoms with Crippen molar-refractivity contribution in [3.05, 3.63) is 70.0 Å². The molecular weight excluding hydrogens is 373 g/mol. The summed E-state index contributed by atoms with van der Waals surface area (Å²) in [4.78, 5) is 20.9. The van der Waals surface area contributed by atoms with Gasteiger partial charge in [0.15, 0.2) is 5.82 Å². The van der Waals surface area contributed by atoms with Crippen molar-refractivity contribution in [2.75, 3.05) is 11.9 Å². The lowest BCUT2D eigenvalue weighted by Gasteiger charge is -2.08. The number of ether oxygens (including phenoxy) is 1. The van der Waals surface area contributed by atoms with Crippen molar-refractivity contribution in [1.82, 2.24) is 9.97 Å². The molecule has 0 spiro atoms. The van der Waals surface area contributed by atoms with Gasteiger partial charge in [-0.2, -0.15) is 0 Å². The summed E-state index contributed by atoms with van der Waals surface area (Å²) in [6.45, 7) is 0.661. The van der Waals surface area contributed by atoms with Crippen LogP contribution in [0, 0.1) is 0 Å². The van der Waals surface area contributed by atoms with Crippen LogP contribution < -0.4 is 10.1 Å². The first-order chi connectivity index (χ1) is 12.6. The molecular formula is C19H13Cl2N3O2. The standard InChI is InChI=1S/C19H13Cl2N3O2/c20-14-4-2-1-3-12(14)19(25)24-18-10-22-16(9-23-18)13-8-17-11(5-6-26-17)7-15(13)21/h1-4,7-10H,5-6H2,(H,23,24,25). The molecule has 3 aromatic rings. The summed E-state index contributed by atoms with van der Waals surface area (Å²) in [5, 5.41) is 3.65. The molecule has 1 aliphatic heterocycles. The number of carbonyl (C=O) groups excluding carboxylic acids is 1. The zero-order chi connectivity index (χ0) is 18.1. The quantitative estimate of drug-likeness (QED) is 0.713. The molecule has 26 heavy (non-hydrogen) atoms. The van der Waals surface area contributed by atoms with Gasteiger partial charge in [-0.1, -0.05) is 35.3 Å². The van der Waals surface area contributed by atoms with Gasteiger partial charge in [-0.25, -0.2) is 4.98 Å². The van der Waals surface area contributed by atoms with Gasteiger partial charge in [-0.15, -0.1) is 0 Å². The predicted octanol–water partition coefficient (Wildman–Crippen LogP) is 4.64. The first-order valence-corrected chi connectivity index (χ1v) is 8.71. The maximum absolute atomic E-state index is 12.3. The lowest BCUT2D eigenvalue weighted by Crippen LogP contribution is -2.13. The molecule has 4 rings (SSSR count). The van der Waals surface area contributed by atoms with Gasteiger partial charge in [0.05, 0.1) is 40.3 Å². The first-order valence-electron chi connectivity index (χ1n) is 7.95. The second-order valence-electron chi connectivity index (χ2n) is 5.76. The van der Waals surface area contributed by atoms with E-state index < -0.39 is 0 Å². The van der Waals surface area contributed by atoms with Crippen molar-refractivity contribution in [3.8, 4) is 17.0 Å². The van der Waals surface area contributed by atoms with E-state index in [0.717, 1.165) is 23.3 Å². The summed E-state index contributed by atoms with van der Waals surface area (Å²) < 4.78 is 5.58. The lowest BCUT2D eigenvalue weighted by molar-refractivity contribution is 0.102. The monoisotopic (exact) mass is 385 g/mol. The summed E-state index contributed by atoms with van der Waals surface area (Å²) >= 11 is 12.4. The van der Waals surface area contributed by atoms with Crippen molar-refractivity contribution in [2.45, 2.75) is 6.42 Å². The average Bonchev–Trinajstić information content (AvgIpc) is 3.09. The van der Waals surface area contributed by atoms with E-state index in [1.165, 1.54) is 6.20 Å². The Balaban J connectivity index is 1.56. The molecule has 0 bridgehead atoms. The topological polar surface area (TPSA) is 64.1 Å². The number of nitrogens with zero attached hydrogens (tertiary/aromatic N) is 2. The minimum atomic E-state index is -0.346. The Bertz CT molecular complexity index is 991. The molecule has 130 valence electrons. The van der Waals surface area contributed by atoms with E-state index in [4.69, 9.17) is 27.9 Å². The fraction of sp³-hybridized carbons (Fsp3) is 0.105. The number of hydrogen-bond donors (Lipinski definition) is 1. The Morgan fingerprint density at radius 1 is 1.08 bits per heavy atom. The number of aromatic nitrogens is 2. The SMILES string of the molecule is O=C(Nc1cnc(-c2cc3c(cc2Cl)CCO3)cn1)c1ccccc1Cl. The predicted molar refractivity (Wildman–Crippen MR) is 101 cm³/mol. The van der Waals surface area contributed by atoms with Crippen LogP contribution in [0.5, 0.6) is 5.75 Å². The van der Waals surface area contributed by atoms with Crippen molar-refractivity contribution >= 4 is 34.9 Å². The number of halogens is 2. The Kier molecular flexibility index (Phi) is 4.49. The minimum Gasteiger partial charge on any atom is -0.493 e. The zero-order valence-electron chi connectivity index (χ0n) is 13.5. The molecule has 0 saturated carbocycles. The van der Waals surface area contributed by atoms with Gasteiger partial charge in [0, 0.05) is 12.0 Å². The van der Waals surface area contributed by atoms with Gasteiger partial charge in [-0.05, 0) is 29.8 Å². The van der Waals surface area contributed by atoms with Gasteiger partial charge < -0.3 is 10.1 Å². The van der Waals surface area contributed by atoms with Gasteiger partial charge in [0.25, 0.3) is 5.91 Å². The van der Waals surface area contributed by atoms with Gasteiger partial charge >= 0.3 is 0 Å². The highest BCUT2D eigenvalue weighted by Crippen LogP contribution is 2.36. The van der Waals surface area contributed by atoms with Gasteiger partial charge in [-0.3, -0.25) is 9.78 Å². The molecule has 5 nitrogen and oxygen atoms in total. The molecule has 1 amide bonds. The summed E-state index contributed by atoms with van der Waals surface area (Å²) in [6.07, 6.45) is 3.90. The number of nitrogens with one attached hydrogen (secondary N) is 1. The number of anilines is 1. The smallest absolute Gasteiger partial charge is 0.258 e. The third kappa shape index (κ3) is 3.23. The van der Waals surface area contributed by atoms with E-state index in [2.05, 4.69) is 15.3 Å². The fourth-order valence-corrected chi connectivity index (χ4v) is 3.26. The van der Waals surface area contributed by atoms with Crippen LogP contribution in [-0.4, -0.2) is 22.5 Å². The van der Waals surface area contributed by atoms with Crippen molar-refractivity contribution in [3.63, 3.8) is 0 Å². The molecule has 0 fully saturated rings. The van der Waals surface area contributed by atoms with E-state index in [0.29, 0.717) is 33.7 Å². The highest BCUT2D eigenvalue weighted by molar-refractivity contribution is 6.34. The molecule has 0 atom stereocenters. The first kappa shape index (κ1) is 16.8. The van der Waals surface area contributed by atoms with E-state index >= 15 is 0 Å². The van der Waals surface area contributed by atoms with Crippen LogP contribution in [0.15, 0.2) is 48.8 Å². The summed E-state index contributed by atoms with van der Waals surface area (Å²) in [5.41, 5.74) is 2.81. The average molecular weight is 386 g/mol. The maximum Gasteiger partial charge on any atom is 0.258 e. The molecule has 2 aromatic carbocycles. The van der Waals surface area contributed by atoms with E-state index in [9.17, 15) is 4.79 Å². The third-order valence-electron chi connectivity index (χ3n) is 4.07. The van der Waals surface area contributed by atoms with E-state index in [1.807, 2.05) is 12.1 Å². The van der Waals surface area contributed by atoms with Gasteiger partial charge in [0.2, 0.25) is 0 Å². The summed E-state index contributed by atoms with van der Waals surface area (Å²) in [5.74, 6) is 0.802. The molecule has 0 saturated heterocycles. The van der Waals surface area contributed by atoms with Crippen LogP contribution in [0.25, 0.3) is 11.3 Å². The number of amides is 1. The molecule has 0 unspecified atom stereocenters. The largest absolute Gasteiger partial charge is 0.493 e. The van der Waals surface area contributed by atoms with Crippen molar-refractivity contribution < 1.29 is 9.53 Å². The number of hydrogen-bond acceptors (Lipinski definition) is 4. The Morgan fingerprint density at radius 2 is 1.92 bits per heavy atom. The molecule has 0 radical (unpaired) electrons. The molecule has 7 heteroatoms. The van der Waals surface area contributed by atoms with Crippen LogP contribution >= 0.6 is 23.2 Å². The second kappa shape index (κ2) is 6.94. The van der Waals surface area contributed by atoms with Crippen molar-refractivity contribution in [1.29, 1.82) is 0 Å². The van der Waals surface area contributed by atoms with Crippen LogP contribution in [0.3, 0.4) is 0 Å². The van der Waals surface area contributed by atoms with Crippen molar-refractivity contribution in [2.24, 2.45) is 0 Å². The normalized spacial score (nSPS) is 12.4. The molecule has 1 aliphatic rings. The van der Waals surface area contributed by atoms with E-state index in [-0.39, 0.29) is 5.91 Å². The van der Waals surface area contributed by atoms with Gasteiger partial charge in [0.1, 0.15) is 5.75 Å². The Hall–Kier alpha value is -2.63. The Labute approximate surface area is 160 Å². The Morgan fingerprint density at radius 3 is 2.69 bits per heavy atom. The maximum atomic E-state index is 12.3. The lowest BCUT2D eigenvalue weighted by atomic mass is 10.1. The van der Waals surface area contributed by atoms with E-state index in [1.54, 1.807) is 30.5 Å². The highest BCUT2D eigenvalue weighted by atomic mass is 35.5. The fourth-order valence-electron chi connectivity index (χ4n) is 2.75. The third-order valence-corrected chi connectivity index (χ3v) is 4.71. The molecule has 1 aromatic heterocycles. The molecule has 0 aliphatic carbocycles. The minimum absolute atomic E-state index is 0.326. The van der Waals surface area contributed by atoms with Crippen LogP contribution in [0.2, 0.25) is 10.0 Å². The number of rotatable bonds is 3. The van der Waals surface area contributed by atoms with Crippen LogP contribution in [0.1, 0.15) is 15.9 Å². The summed E-state index contributed by atoms with van der Waals surface area (Å²) in [6, 6.07) is 10.6. The zero-order valence-corrected chi connectivity index (χ0v) is 15.0. The number of fused-ring (bicyclic) bond motifs is 1. The highest BCUT2D eigenvalue weighted by Gasteiger charge is 2.17. The van der Waals surface area contributed by atoms with Crippen LogP contribution in [0.4, 0.5) is 5.82 Å². The molecule has 1 N–H and O–H groups in total. The number of benzene rings is 2. The number of carbonyl (C=O) groups is 1. The van der Waals surface area contributed by atoms with Crippen LogP contribution in [-0.2, 0) is 6.42 Å². The second-order valence-corrected chi connectivity index (χ2v) is 6.57.